The van der Waals surface area contributed by atoms with E-state index < -0.39 is 0 Å². The fourth-order valence-electron chi connectivity index (χ4n) is 2.13. The molecule has 0 fully saturated rings. The van der Waals surface area contributed by atoms with E-state index in [9.17, 15) is 4.79 Å². The van der Waals surface area contributed by atoms with Crippen molar-refractivity contribution < 1.29 is 14.3 Å². The third kappa shape index (κ3) is 3.48. The molecular formula is C17H13BrN2O3. The van der Waals surface area contributed by atoms with E-state index in [1.807, 2.05) is 18.2 Å². The van der Waals surface area contributed by atoms with Crippen LogP contribution in [0.4, 0.5) is 0 Å². The Morgan fingerprint density at radius 1 is 1.17 bits per heavy atom. The van der Waals surface area contributed by atoms with Crippen LogP contribution in [0.15, 0.2) is 53.3 Å². The van der Waals surface area contributed by atoms with Crippen molar-refractivity contribution in [3.63, 3.8) is 0 Å². The number of ketones is 1. The molecule has 5 nitrogen and oxygen atoms in total. The Kier molecular flexibility index (Phi) is 4.52. The molecule has 0 radical (unpaired) electrons. The minimum absolute atomic E-state index is 0.105. The lowest BCUT2D eigenvalue weighted by molar-refractivity contribution is 0.0919. The Labute approximate surface area is 141 Å². The van der Waals surface area contributed by atoms with E-state index in [0.29, 0.717) is 17.2 Å². The van der Waals surface area contributed by atoms with E-state index in [0.717, 1.165) is 15.4 Å². The molecule has 0 bridgehead atoms. The lowest BCUT2D eigenvalue weighted by atomic mass is 10.1. The minimum atomic E-state index is -0.148. The normalized spacial score (nSPS) is 10.5. The monoisotopic (exact) mass is 372 g/mol. The van der Waals surface area contributed by atoms with E-state index in [-0.39, 0.29) is 12.4 Å². The van der Waals surface area contributed by atoms with Gasteiger partial charge in [0.05, 0.1) is 18.0 Å². The number of rotatable bonds is 5. The second-order valence-corrected chi connectivity index (χ2v) is 5.70. The molecule has 0 aliphatic carbocycles. The van der Waals surface area contributed by atoms with Gasteiger partial charge in [-0.05, 0) is 30.3 Å². The summed E-state index contributed by atoms with van der Waals surface area (Å²) < 4.78 is 11.6. The smallest absolute Gasteiger partial charge is 0.224 e. The van der Waals surface area contributed by atoms with Crippen molar-refractivity contribution in [1.29, 1.82) is 0 Å². The topological polar surface area (TPSA) is 61.3 Å². The molecular weight excluding hydrogens is 360 g/mol. The van der Waals surface area contributed by atoms with Gasteiger partial charge in [0.25, 0.3) is 0 Å². The third-order valence-electron chi connectivity index (χ3n) is 3.29. The van der Waals surface area contributed by atoms with Gasteiger partial charge < -0.3 is 9.47 Å². The molecule has 0 N–H and O–H groups in total. The lowest BCUT2D eigenvalue weighted by Gasteiger charge is -2.08. The number of fused-ring (bicyclic) bond motifs is 1. The summed E-state index contributed by atoms with van der Waals surface area (Å²) in [5, 5.41) is 0.750. The maximum Gasteiger partial charge on any atom is 0.224 e. The van der Waals surface area contributed by atoms with Crippen LogP contribution in [0, 0.1) is 0 Å². The van der Waals surface area contributed by atoms with Crippen LogP contribution in [0.2, 0.25) is 0 Å². The van der Waals surface area contributed by atoms with Crippen LogP contribution >= 0.6 is 15.9 Å². The van der Waals surface area contributed by atoms with Gasteiger partial charge in [-0.2, -0.15) is 0 Å². The molecule has 0 saturated heterocycles. The van der Waals surface area contributed by atoms with Crippen molar-refractivity contribution in [3.8, 4) is 11.6 Å². The average molecular weight is 373 g/mol. The van der Waals surface area contributed by atoms with Crippen LogP contribution in [0.5, 0.6) is 11.6 Å². The van der Waals surface area contributed by atoms with Gasteiger partial charge in [-0.1, -0.05) is 28.1 Å². The molecule has 0 saturated carbocycles. The second kappa shape index (κ2) is 6.75. The van der Waals surface area contributed by atoms with Crippen LogP contribution in [0.3, 0.4) is 0 Å². The highest BCUT2D eigenvalue weighted by Crippen LogP contribution is 2.25. The van der Waals surface area contributed by atoms with E-state index in [1.54, 1.807) is 31.4 Å². The van der Waals surface area contributed by atoms with Crippen LogP contribution in [-0.2, 0) is 0 Å². The molecule has 1 heterocycles. The zero-order chi connectivity index (χ0) is 16.2. The highest BCUT2D eigenvalue weighted by Gasteiger charge is 2.11. The molecule has 0 atom stereocenters. The summed E-state index contributed by atoms with van der Waals surface area (Å²) in [5.74, 6) is 0.866. The van der Waals surface area contributed by atoms with Gasteiger partial charge in [0.2, 0.25) is 5.88 Å². The summed E-state index contributed by atoms with van der Waals surface area (Å²) in [5.41, 5.74) is 1.29. The van der Waals surface area contributed by atoms with Gasteiger partial charge in [0.1, 0.15) is 12.1 Å². The van der Waals surface area contributed by atoms with Crippen LogP contribution < -0.4 is 9.47 Å². The minimum Gasteiger partial charge on any atom is -0.497 e. The van der Waals surface area contributed by atoms with Crippen molar-refractivity contribution in [2.45, 2.75) is 0 Å². The Bertz CT molecular complexity index is 867. The number of Topliss-reactive ketones (excluding diaryl/α,β-unsaturated/α-hetero) is 1. The molecule has 1 aromatic heterocycles. The van der Waals surface area contributed by atoms with Crippen LogP contribution in [-0.4, -0.2) is 29.5 Å². The lowest BCUT2D eigenvalue weighted by Crippen LogP contribution is -2.12. The number of aromatic nitrogens is 2. The number of methoxy groups -OCH3 is 1. The van der Waals surface area contributed by atoms with E-state index in [4.69, 9.17) is 9.47 Å². The number of benzene rings is 2. The highest BCUT2D eigenvalue weighted by atomic mass is 79.9. The first-order chi connectivity index (χ1) is 11.2. The fourth-order valence-corrected chi connectivity index (χ4v) is 2.50. The third-order valence-corrected chi connectivity index (χ3v) is 3.79. The fraction of sp³-hybridized carbons (Fsp3) is 0.118. The summed E-state index contributed by atoms with van der Waals surface area (Å²) in [7, 11) is 1.56. The molecule has 116 valence electrons. The van der Waals surface area contributed by atoms with E-state index >= 15 is 0 Å². The Morgan fingerprint density at radius 3 is 2.87 bits per heavy atom. The second-order valence-electron chi connectivity index (χ2n) is 4.78. The first-order valence-electron chi connectivity index (χ1n) is 6.87. The molecule has 2 aromatic carbocycles. The molecule has 23 heavy (non-hydrogen) atoms. The number of hydrogen-bond donors (Lipinski definition) is 0. The van der Waals surface area contributed by atoms with Gasteiger partial charge in [0.15, 0.2) is 12.4 Å². The van der Waals surface area contributed by atoms with Gasteiger partial charge >= 0.3 is 0 Å². The van der Waals surface area contributed by atoms with E-state index in [1.165, 1.54) is 6.33 Å². The molecule has 0 aliphatic rings. The van der Waals surface area contributed by atoms with Crippen molar-refractivity contribution in [1.82, 2.24) is 9.97 Å². The molecule has 0 unspecified atom stereocenters. The van der Waals surface area contributed by atoms with Crippen molar-refractivity contribution >= 4 is 32.6 Å². The van der Waals surface area contributed by atoms with Crippen molar-refractivity contribution in [2.24, 2.45) is 0 Å². The quantitative estimate of drug-likeness (QED) is 0.639. The van der Waals surface area contributed by atoms with Gasteiger partial charge in [-0.3, -0.25) is 4.79 Å². The molecule has 6 heteroatoms. The van der Waals surface area contributed by atoms with Crippen LogP contribution in [0.1, 0.15) is 10.4 Å². The number of halogens is 1. The first kappa shape index (κ1) is 15.4. The van der Waals surface area contributed by atoms with Gasteiger partial charge in [-0.15, -0.1) is 0 Å². The van der Waals surface area contributed by atoms with E-state index in [2.05, 4.69) is 25.9 Å². The molecule has 3 rings (SSSR count). The maximum absolute atomic E-state index is 12.3. The molecule has 3 aromatic rings. The highest BCUT2D eigenvalue weighted by molar-refractivity contribution is 9.10. The Hall–Kier alpha value is -2.47. The number of carbonyl (C=O) groups excluding carboxylic acids is 1. The van der Waals surface area contributed by atoms with Crippen molar-refractivity contribution in [3.05, 3.63) is 58.8 Å². The summed E-state index contributed by atoms with van der Waals surface area (Å²) in [4.78, 5) is 20.5. The van der Waals surface area contributed by atoms with Crippen LogP contribution in [0.25, 0.3) is 10.9 Å². The Balaban J connectivity index is 1.80. The molecule has 0 amide bonds. The number of hydrogen-bond acceptors (Lipinski definition) is 5. The summed E-state index contributed by atoms with van der Waals surface area (Å²) in [6, 6.07) is 12.6. The predicted octanol–water partition coefficient (Wildman–Crippen LogP) is 3.66. The first-order valence-corrected chi connectivity index (χ1v) is 7.67. The SMILES string of the molecule is COc1cccc(C(=O)COc2ncnc3ccc(Br)cc23)c1. The standard InChI is InChI=1S/C17H13BrN2O3/c1-22-13-4-2-3-11(7-13)16(21)9-23-17-14-8-12(18)5-6-15(14)19-10-20-17/h2-8,10H,9H2,1H3. The predicted molar refractivity (Wildman–Crippen MR) is 90.1 cm³/mol. The van der Waals surface area contributed by atoms with Gasteiger partial charge in [0, 0.05) is 10.0 Å². The van der Waals surface area contributed by atoms with Crippen molar-refractivity contribution in [2.75, 3.05) is 13.7 Å². The van der Waals surface area contributed by atoms with Gasteiger partial charge in [-0.25, -0.2) is 9.97 Å². The summed E-state index contributed by atoms with van der Waals surface area (Å²) in [6.45, 7) is -0.105. The molecule has 0 aliphatic heterocycles. The summed E-state index contributed by atoms with van der Waals surface area (Å²) >= 11 is 3.41. The Morgan fingerprint density at radius 2 is 2.04 bits per heavy atom. The largest absolute Gasteiger partial charge is 0.497 e. The zero-order valence-electron chi connectivity index (χ0n) is 12.3. The summed E-state index contributed by atoms with van der Waals surface area (Å²) in [6.07, 6.45) is 1.42. The number of carbonyl (C=O) groups is 1. The maximum atomic E-state index is 12.3. The number of nitrogens with zero attached hydrogens (tertiary/aromatic N) is 2. The number of ether oxygens (including phenoxy) is 2. The molecule has 0 spiro atoms. The zero-order valence-corrected chi connectivity index (χ0v) is 13.9. The average Bonchev–Trinajstić information content (AvgIpc) is 2.59.